The second-order valence-electron chi connectivity index (χ2n) is 3.89. The van der Waals surface area contributed by atoms with E-state index in [0.717, 1.165) is 11.3 Å². The molecule has 1 atom stereocenters. The van der Waals surface area contributed by atoms with Crippen molar-refractivity contribution >= 4 is 16.9 Å². The fourth-order valence-electron chi connectivity index (χ4n) is 1.34. The highest BCUT2D eigenvalue weighted by Crippen LogP contribution is 2.26. The number of hydrogen-bond acceptors (Lipinski definition) is 2. The van der Waals surface area contributed by atoms with Gasteiger partial charge >= 0.3 is 0 Å². The average molecular weight is 209 g/mol. The maximum absolute atomic E-state index is 4.58. The van der Waals surface area contributed by atoms with E-state index in [2.05, 4.69) is 30.8 Å². The van der Waals surface area contributed by atoms with Gasteiger partial charge in [0.1, 0.15) is 0 Å². The molecule has 0 aliphatic rings. The zero-order valence-electron chi connectivity index (χ0n) is 9.34. The molecule has 1 unspecified atom stereocenters. The molecule has 78 valence electrons. The van der Waals surface area contributed by atoms with E-state index in [1.54, 1.807) is 11.3 Å². The van der Waals surface area contributed by atoms with Crippen molar-refractivity contribution in [1.82, 2.24) is 4.98 Å². The third kappa shape index (κ3) is 2.95. The molecule has 0 aromatic carbocycles. The van der Waals surface area contributed by atoms with Crippen molar-refractivity contribution in [3.8, 4) is 0 Å². The monoisotopic (exact) mass is 209 g/mol. The molecule has 0 spiro atoms. The Hall–Kier alpha value is -0.630. The van der Waals surface area contributed by atoms with Gasteiger partial charge in [-0.15, -0.1) is 11.3 Å². The summed E-state index contributed by atoms with van der Waals surface area (Å²) in [6.07, 6.45) is 3.81. The molecule has 0 N–H and O–H groups in total. The standard InChI is InChI=1S/C12H19NS/c1-5-6-7-10(4)12-13-11(8-14-12)9(2)3/h8,10H,2,5-7H2,1,3-4H3. The molecule has 0 bridgehead atoms. The first kappa shape index (κ1) is 11.4. The number of hydrogen-bond donors (Lipinski definition) is 0. The molecule has 14 heavy (non-hydrogen) atoms. The second kappa shape index (κ2) is 5.30. The number of allylic oxidation sites excluding steroid dienone is 1. The summed E-state index contributed by atoms with van der Waals surface area (Å²) in [6.45, 7) is 10.4. The number of unbranched alkanes of at least 4 members (excludes halogenated alkanes) is 1. The van der Waals surface area contributed by atoms with Crippen LogP contribution in [0.15, 0.2) is 12.0 Å². The Bertz CT molecular complexity index is 301. The van der Waals surface area contributed by atoms with Crippen LogP contribution in [0, 0.1) is 0 Å². The van der Waals surface area contributed by atoms with Crippen molar-refractivity contribution < 1.29 is 0 Å². The lowest BCUT2D eigenvalue weighted by Gasteiger charge is -2.05. The molecule has 1 rings (SSSR count). The van der Waals surface area contributed by atoms with Gasteiger partial charge in [-0.25, -0.2) is 4.98 Å². The smallest absolute Gasteiger partial charge is 0.0960 e. The van der Waals surface area contributed by atoms with E-state index in [1.165, 1.54) is 24.3 Å². The highest BCUT2D eigenvalue weighted by atomic mass is 32.1. The van der Waals surface area contributed by atoms with Crippen LogP contribution in [0.1, 0.15) is 56.7 Å². The molecule has 0 fully saturated rings. The summed E-state index contributed by atoms with van der Waals surface area (Å²) in [5, 5.41) is 3.37. The van der Waals surface area contributed by atoms with E-state index in [4.69, 9.17) is 0 Å². The Labute approximate surface area is 90.9 Å². The van der Waals surface area contributed by atoms with Gasteiger partial charge < -0.3 is 0 Å². The maximum Gasteiger partial charge on any atom is 0.0960 e. The van der Waals surface area contributed by atoms with Gasteiger partial charge in [0.25, 0.3) is 0 Å². The molecule has 0 saturated heterocycles. The lowest BCUT2D eigenvalue weighted by molar-refractivity contribution is 0.621. The molecule has 2 heteroatoms. The Morgan fingerprint density at radius 1 is 1.64 bits per heavy atom. The summed E-state index contributed by atoms with van der Waals surface area (Å²) in [5.41, 5.74) is 2.13. The van der Waals surface area contributed by atoms with E-state index in [9.17, 15) is 0 Å². The van der Waals surface area contributed by atoms with Gasteiger partial charge in [-0.05, 0) is 18.9 Å². The van der Waals surface area contributed by atoms with Crippen molar-refractivity contribution in [3.05, 3.63) is 22.7 Å². The third-order valence-electron chi connectivity index (χ3n) is 2.37. The van der Waals surface area contributed by atoms with Crippen LogP contribution in [-0.2, 0) is 0 Å². The first-order chi connectivity index (χ1) is 6.65. The summed E-state index contributed by atoms with van der Waals surface area (Å²) >= 11 is 1.76. The minimum atomic E-state index is 0.605. The van der Waals surface area contributed by atoms with E-state index in [-0.39, 0.29) is 0 Å². The Morgan fingerprint density at radius 3 is 2.86 bits per heavy atom. The van der Waals surface area contributed by atoms with Crippen molar-refractivity contribution in [1.29, 1.82) is 0 Å². The van der Waals surface area contributed by atoms with Crippen LogP contribution in [0.3, 0.4) is 0 Å². The van der Waals surface area contributed by atoms with Gasteiger partial charge in [0.15, 0.2) is 0 Å². The van der Waals surface area contributed by atoms with Gasteiger partial charge in [-0.3, -0.25) is 0 Å². The lowest BCUT2D eigenvalue weighted by Crippen LogP contribution is -1.92. The van der Waals surface area contributed by atoms with Crippen molar-refractivity contribution in [2.45, 2.75) is 46.0 Å². The quantitative estimate of drug-likeness (QED) is 0.697. The molecule has 1 aromatic rings. The normalized spacial score (nSPS) is 12.8. The van der Waals surface area contributed by atoms with Crippen LogP contribution in [-0.4, -0.2) is 4.98 Å². The Morgan fingerprint density at radius 2 is 2.36 bits per heavy atom. The molecule has 0 saturated carbocycles. The van der Waals surface area contributed by atoms with Gasteiger partial charge in [0.05, 0.1) is 10.7 Å². The van der Waals surface area contributed by atoms with Crippen molar-refractivity contribution in [2.75, 3.05) is 0 Å². The van der Waals surface area contributed by atoms with E-state index >= 15 is 0 Å². The fourth-order valence-corrected chi connectivity index (χ4v) is 2.33. The van der Waals surface area contributed by atoms with Gasteiger partial charge in [0.2, 0.25) is 0 Å². The number of aromatic nitrogens is 1. The minimum Gasteiger partial charge on any atom is -0.241 e. The fraction of sp³-hybridized carbons (Fsp3) is 0.583. The zero-order chi connectivity index (χ0) is 10.6. The Kier molecular flexibility index (Phi) is 4.33. The van der Waals surface area contributed by atoms with Gasteiger partial charge in [0, 0.05) is 11.3 Å². The summed E-state index contributed by atoms with van der Waals surface area (Å²) < 4.78 is 0. The topological polar surface area (TPSA) is 12.9 Å². The molecule has 0 amide bonds. The predicted octanol–water partition coefficient (Wildman–Crippen LogP) is 4.47. The van der Waals surface area contributed by atoms with Crippen LogP contribution in [0.25, 0.3) is 5.57 Å². The van der Waals surface area contributed by atoms with Gasteiger partial charge in [-0.2, -0.15) is 0 Å². The second-order valence-corrected chi connectivity index (χ2v) is 4.78. The molecule has 0 aliphatic carbocycles. The zero-order valence-corrected chi connectivity index (χ0v) is 10.2. The van der Waals surface area contributed by atoms with Crippen molar-refractivity contribution in [2.24, 2.45) is 0 Å². The van der Waals surface area contributed by atoms with Crippen LogP contribution in [0.5, 0.6) is 0 Å². The third-order valence-corrected chi connectivity index (χ3v) is 3.45. The lowest BCUT2D eigenvalue weighted by atomic mass is 10.1. The largest absolute Gasteiger partial charge is 0.241 e. The molecular weight excluding hydrogens is 190 g/mol. The van der Waals surface area contributed by atoms with Crippen LogP contribution >= 0.6 is 11.3 Å². The first-order valence-electron chi connectivity index (χ1n) is 5.26. The number of thiazole rings is 1. The first-order valence-corrected chi connectivity index (χ1v) is 6.14. The summed E-state index contributed by atoms with van der Waals surface area (Å²) in [4.78, 5) is 4.58. The van der Waals surface area contributed by atoms with Crippen LogP contribution in [0.2, 0.25) is 0 Å². The number of nitrogens with zero attached hydrogens (tertiary/aromatic N) is 1. The van der Waals surface area contributed by atoms with Crippen LogP contribution < -0.4 is 0 Å². The SMILES string of the molecule is C=C(C)c1csc(C(C)CCCC)n1. The highest BCUT2D eigenvalue weighted by Gasteiger charge is 2.09. The predicted molar refractivity (Wildman–Crippen MR) is 64.8 cm³/mol. The minimum absolute atomic E-state index is 0.605. The van der Waals surface area contributed by atoms with Crippen LogP contribution in [0.4, 0.5) is 0 Å². The molecular formula is C12H19NS. The van der Waals surface area contributed by atoms with Gasteiger partial charge in [-0.1, -0.05) is 33.3 Å². The molecule has 0 radical (unpaired) electrons. The molecule has 1 aromatic heterocycles. The summed E-state index contributed by atoms with van der Waals surface area (Å²) in [7, 11) is 0. The van der Waals surface area contributed by atoms with E-state index in [1.807, 2.05) is 6.92 Å². The average Bonchev–Trinajstić information content (AvgIpc) is 2.62. The highest BCUT2D eigenvalue weighted by molar-refractivity contribution is 7.09. The van der Waals surface area contributed by atoms with Crippen molar-refractivity contribution in [3.63, 3.8) is 0 Å². The maximum atomic E-state index is 4.58. The summed E-state index contributed by atoms with van der Waals surface area (Å²) in [6, 6.07) is 0. The van der Waals surface area contributed by atoms with E-state index < -0.39 is 0 Å². The number of rotatable bonds is 5. The Balaban J connectivity index is 2.61. The molecule has 0 aliphatic heterocycles. The molecule has 1 nitrogen and oxygen atoms in total. The van der Waals surface area contributed by atoms with E-state index in [0.29, 0.717) is 5.92 Å². The molecule has 1 heterocycles. The summed E-state index contributed by atoms with van der Waals surface area (Å²) in [5.74, 6) is 0.605.